The smallest absolute Gasteiger partial charge is 0.0595 e. The minimum absolute atomic E-state index is 0.200. The van der Waals surface area contributed by atoms with E-state index < -0.39 is 0 Å². The Balaban J connectivity index is 2.02. The molecule has 1 nitrogen and oxygen atoms in total. The quantitative estimate of drug-likeness (QED) is 0.787. The van der Waals surface area contributed by atoms with Gasteiger partial charge in [0.05, 0.1) is 10.0 Å². The highest BCUT2D eigenvalue weighted by Crippen LogP contribution is 2.42. The Morgan fingerprint density at radius 1 is 1.11 bits per heavy atom. The number of halogens is 2. The number of nitrogens with two attached hydrogens (primary N) is 1. The Labute approximate surface area is 124 Å². The molecular formula is C16H17Cl2N. The van der Waals surface area contributed by atoms with Crippen molar-refractivity contribution in [2.24, 2.45) is 5.73 Å². The van der Waals surface area contributed by atoms with Crippen molar-refractivity contribution in [3.8, 4) is 0 Å². The number of benzene rings is 1. The van der Waals surface area contributed by atoms with Crippen molar-refractivity contribution in [1.29, 1.82) is 0 Å². The third-order valence-electron chi connectivity index (χ3n) is 4.18. The van der Waals surface area contributed by atoms with E-state index in [4.69, 9.17) is 28.9 Å². The Morgan fingerprint density at radius 2 is 1.95 bits per heavy atom. The van der Waals surface area contributed by atoms with Crippen LogP contribution < -0.4 is 5.73 Å². The summed E-state index contributed by atoms with van der Waals surface area (Å²) in [5.74, 6) is 0.453. The lowest BCUT2D eigenvalue weighted by Crippen LogP contribution is -2.30. The van der Waals surface area contributed by atoms with Crippen molar-refractivity contribution in [3.05, 3.63) is 57.1 Å². The van der Waals surface area contributed by atoms with Crippen LogP contribution >= 0.6 is 23.2 Å². The van der Waals surface area contributed by atoms with E-state index in [-0.39, 0.29) is 6.04 Å². The van der Waals surface area contributed by atoms with Crippen molar-refractivity contribution < 1.29 is 0 Å². The van der Waals surface area contributed by atoms with Gasteiger partial charge in [-0.2, -0.15) is 0 Å². The highest BCUT2D eigenvalue weighted by molar-refractivity contribution is 6.42. The van der Waals surface area contributed by atoms with Gasteiger partial charge in [-0.15, -0.1) is 0 Å². The molecule has 0 heterocycles. The second-order valence-corrected chi connectivity index (χ2v) is 6.15. The zero-order valence-electron chi connectivity index (χ0n) is 10.7. The van der Waals surface area contributed by atoms with Gasteiger partial charge in [-0.3, -0.25) is 0 Å². The van der Waals surface area contributed by atoms with E-state index in [0.29, 0.717) is 16.0 Å². The lowest BCUT2D eigenvalue weighted by molar-refractivity contribution is 0.534. The molecule has 0 spiro atoms. The van der Waals surface area contributed by atoms with E-state index in [2.05, 4.69) is 18.2 Å². The molecule has 0 saturated carbocycles. The molecule has 0 saturated heterocycles. The molecule has 1 aromatic rings. The second-order valence-electron chi connectivity index (χ2n) is 5.33. The molecule has 100 valence electrons. The van der Waals surface area contributed by atoms with Crippen molar-refractivity contribution in [3.63, 3.8) is 0 Å². The maximum atomic E-state index is 6.23. The Bertz CT molecular complexity index is 560. The number of hydrogen-bond acceptors (Lipinski definition) is 1. The van der Waals surface area contributed by atoms with Crippen LogP contribution in [0.4, 0.5) is 0 Å². The van der Waals surface area contributed by atoms with Gasteiger partial charge in [-0.25, -0.2) is 0 Å². The zero-order valence-corrected chi connectivity index (χ0v) is 12.2. The minimum Gasteiger partial charge on any atom is -0.324 e. The van der Waals surface area contributed by atoms with E-state index in [1.807, 2.05) is 12.1 Å². The molecule has 2 aliphatic rings. The Morgan fingerprint density at radius 3 is 2.74 bits per heavy atom. The summed E-state index contributed by atoms with van der Waals surface area (Å²) < 4.78 is 0. The zero-order chi connectivity index (χ0) is 13.4. The standard InChI is InChI=1S/C16H17Cl2N/c17-14-7-5-10(9-15(14)18)11-6-8-16(19)13-4-2-1-3-12(11)13/h2,4-5,7,9,11,16H,1,3,6,8,19H2/t11-,16+/m1/s1. The first-order chi connectivity index (χ1) is 9.16. The highest BCUT2D eigenvalue weighted by Gasteiger charge is 2.28. The highest BCUT2D eigenvalue weighted by atomic mass is 35.5. The van der Waals surface area contributed by atoms with Crippen LogP contribution in [0, 0.1) is 0 Å². The maximum Gasteiger partial charge on any atom is 0.0595 e. The molecule has 2 aliphatic carbocycles. The van der Waals surface area contributed by atoms with Crippen LogP contribution in [0.1, 0.15) is 37.2 Å². The summed E-state index contributed by atoms with van der Waals surface area (Å²) in [5.41, 5.74) is 10.3. The van der Waals surface area contributed by atoms with Crippen LogP contribution in [0.25, 0.3) is 0 Å². The summed E-state index contributed by atoms with van der Waals surface area (Å²) in [7, 11) is 0. The third kappa shape index (κ3) is 2.47. The molecule has 19 heavy (non-hydrogen) atoms. The summed E-state index contributed by atoms with van der Waals surface area (Å²) in [5, 5.41) is 1.26. The first-order valence-corrected chi connectivity index (χ1v) is 7.52. The largest absolute Gasteiger partial charge is 0.324 e. The molecule has 3 heteroatoms. The van der Waals surface area contributed by atoms with Crippen LogP contribution in [-0.4, -0.2) is 6.04 Å². The van der Waals surface area contributed by atoms with Crippen LogP contribution in [0.2, 0.25) is 10.0 Å². The molecule has 3 rings (SSSR count). The molecule has 0 unspecified atom stereocenters. The van der Waals surface area contributed by atoms with E-state index in [0.717, 1.165) is 25.7 Å². The van der Waals surface area contributed by atoms with Crippen LogP contribution in [0.15, 0.2) is 41.5 Å². The summed E-state index contributed by atoms with van der Waals surface area (Å²) in [6.45, 7) is 0. The maximum absolute atomic E-state index is 6.23. The summed E-state index contributed by atoms with van der Waals surface area (Å²) in [4.78, 5) is 0. The van der Waals surface area contributed by atoms with Crippen LogP contribution in [0.3, 0.4) is 0 Å². The average Bonchev–Trinajstić information content (AvgIpc) is 2.43. The van der Waals surface area contributed by atoms with Gasteiger partial charge in [0.25, 0.3) is 0 Å². The third-order valence-corrected chi connectivity index (χ3v) is 4.92. The molecule has 0 radical (unpaired) electrons. The first-order valence-electron chi connectivity index (χ1n) is 6.77. The van der Waals surface area contributed by atoms with Gasteiger partial charge in [-0.05, 0) is 49.0 Å². The normalized spacial score (nSPS) is 26.5. The molecule has 0 bridgehead atoms. The number of allylic oxidation sites excluding steroid dienone is 2. The minimum atomic E-state index is 0.200. The van der Waals surface area contributed by atoms with Gasteiger partial charge >= 0.3 is 0 Å². The van der Waals surface area contributed by atoms with Gasteiger partial charge in [0.2, 0.25) is 0 Å². The molecule has 0 aromatic heterocycles. The van der Waals surface area contributed by atoms with Crippen LogP contribution in [0.5, 0.6) is 0 Å². The van der Waals surface area contributed by atoms with Gasteiger partial charge < -0.3 is 5.73 Å². The fraction of sp³-hybridized carbons (Fsp3) is 0.375. The van der Waals surface area contributed by atoms with Crippen molar-refractivity contribution in [2.75, 3.05) is 0 Å². The lowest BCUT2D eigenvalue weighted by Gasteiger charge is -2.33. The van der Waals surface area contributed by atoms with Gasteiger partial charge in [0.15, 0.2) is 0 Å². The topological polar surface area (TPSA) is 26.0 Å². The molecule has 0 aliphatic heterocycles. The molecule has 2 N–H and O–H groups in total. The monoisotopic (exact) mass is 293 g/mol. The predicted octanol–water partition coefficient (Wildman–Crippen LogP) is 4.84. The second kappa shape index (κ2) is 5.32. The summed E-state index contributed by atoms with van der Waals surface area (Å²) >= 11 is 12.2. The fourth-order valence-corrected chi connectivity index (χ4v) is 3.52. The summed E-state index contributed by atoms with van der Waals surface area (Å²) in [6.07, 6.45) is 8.82. The molecule has 2 atom stereocenters. The van der Waals surface area contributed by atoms with E-state index in [9.17, 15) is 0 Å². The molecule has 0 fully saturated rings. The van der Waals surface area contributed by atoms with Gasteiger partial charge in [0.1, 0.15) is 0 Å². The average molecular weight is 294 g/mol. The van der Waals surface area contributed by atoms with Gasteiger partial charge in [0, 0.05) is 12.0 Å². The fourth-order valence-electron chi connectivity index (χ4n) is 3.21. The van der Waals surface area contributed by atoms with Crippen molar-refractivity contribution >= 4 is 23.2 Å². The first kappa shape index (κ1) is 13.2. The van der Waals surface area contributed by atoms with Crippen LogP contribution in [-0.2, 0) is 0 Å². The molecule has 1 aromatic carbocycles. The lowest BCUT2D eigenvalue weighted by atomic mass is 9.73. The van der Waals surface area contributed by atoms with E-state index in [1.165, 1.54) is 16.7 Å². The SMILES string of the molecule is N[C@H]1CC[C@H](c2ccc(Cl)c(Cl)c2)C2=C1C=CCC2. The Hall–Kier alpha value is -0.760. The van der Waals surface area contributed by atoms with Gasteiger partial charge in [-0.1, -0.05) is 47.0 Å². The molecule has 0 amide bonds. The van der Waals surface area contributed by atoms with E-state index >= 15 is 0 Å². The molecular weight excluding hydrogens is 277 g/mol. The van der Waals surface area contributed by atoms with Crippen molar-refractivity contribution in [2.45, 2.75) is 37.6 Å². The Kier molecular flexibility index (Phi) is 3.70. The van der Waals surface area contributed by atoms with E-state index in [1.54, 1.807) is 0 Å². The number of rotatable bonds is 1. The van der Waals surface area contributed by atoms with Crippen molar-refractivity contribution in [1.82, 2.24) is 0 Å². The number of hydrogen-bond donors (Lipinski definition) is 1. The predicted molar refractivity (Wildman–Crippen MR) is 81.8 cm³/mol. The summed E-state index contributed by atoms with van der Waals surface area (Å²) in [6, 6.07) is 6.20.